The zero-order chi connectivity index (χ0) is 14.4. The number of nitrogens with one attached hydrogen (secondary N) is 2. The highest BCUT2D eigenvalue weighted by Gasteiger charge is 2.15. The summed E-state index contributed by atoms with van der Waals surface area (Å²) in [7, 11) is 0. The van der Waals surface area contributed by atoms with Gasteiger partial charge in [-0.15, -0.1) is 0 Å². The van der Waals surface area contributed by atoms with Gasteiger partial charge in [0.25, 0.3) is 0 Å². The molecule has 1 aromatic carbocycles. The van der Waals surface area contributed by atoms with Crippen molar-refractivity contribution in [3.8, 4) is 6.07 Å². The summed E-state index contributed by atoms with van der Waals surface area (Å²) in [5, 5.41) is 15.0. The molecule has 2 rings (SSSR count). The molecular formula is C15H20N4O. The van der Waals surface area contributed by atoms with Crippen molar-refractivity contribution in [2.24, 2.45) is 0 Å². The third kappa shape index (κ3) is 4.05. The number of benzene rings is 1. The fraction of sp³-hybridized carbons (Fsp3) is 0.467. The minimum absolute atomic E-state index is 0.0434. The van der Waals surface area contributed by atoms with Gasteiger partial charge in [-0.1, -0.05) is 12.1 Å². The summed E-state index contributed by atoms with van der Waals surface area (Å²) in [5.41, 5.74) is 1.64. The molecule has 1 aliphatic heterocycles. The molecule has 1 unspecified atom stereocenters. The van der Waals surface area contributed by atoms with Gasteiger partial charge < -0.3 is 10.6 Å². The van der Waals surface area contributed by atoms with Crippen molar-refractivity contribution in [2.75, 3.05) is 32.7 Å². The molecule has 1 amide bonds. The molecule has 0 bridgehead atoms. The van der Waals surface area contributed by atoms with Gasteiger partial charge in [0.2, 0.25) is 5.91 Å². The van der Waals surface area contributed by atoms with Gasteiger partial charge >= 0.3 is 0 Å². The Bertz CT molecular complexity index is 486. The first-order chi connectivity index (χ1) is 9.69. The maximum absolute atomic E-state index is 12.0. The number of hydrogen-bond donors (Lipinski definition) is 2. The van der Waals surface area contributed by atoms with Crippen molar-refractivity contribution >= 4 is 5.91 Å². The first kappa shape index (κ1) is 14.5. The average Bonchev–Trinajstić information content (AvgIpc) is 2.48. The van der Waals surface area contributed by atoms with Crippen LogP contribution in [0.15, 0.2) is 24.3 Å². The maximum Gasteiger partial charge on any atom is 0.234 e. The lowest BCUT2D eigenvalue weighted by Gasteiger charge is -2.27. The molecule has 5 heteroatoms. The number of amides is 1. The fourth-order valence-electron chi connectivity index (χ4n) is 2.29. The molecule has 1 saturated heterocycles. The van der Waals surface area contributed by atoms with Crippen LogP contribution in [-0.2, 0) is 4.79 Å². The van der Waals surface area contributed by atoms with Crippen LogP contribution >= 0.6 is 0 Å². The molecule has 1 atom stereocenters. The Labute approximate surface area is 119 Å². The highest BCUT2D eigenvalue weighted by Crippen LogP contribution is 2.13. The van der Waals surface area contributed by atoms with Crippen LogP contribution in [0.3, 0.4) is 0 Å². The van der Waals surface area contributed by atoms with Crippen molar-refractivity contribution in [3.63, 3.8) is 0 Å². The van der Waals surface area contributed by atoms with E-state index in [0.717, 1.165) is 31.7 Å². The highest BCUT2D eigenvalue weighted by atomic mass is 16.2. The minimum atomic E-state index is -0.0434. The van der Waals surface area contributed by atoms with Crippen LogP contribution in [0.4, 0.5) is 0 Å². The van der Waals surface area contributed by atoms with Gasteiger partial charge in [0.1, 0.15) is 0 Å². The topological polar surface area (TPSA) is 68.2 Å². The summed E-state index contributed by atoms with van der Waals surface area (Å²) in [6, 6.07) is 9.36. The first-order valence-electron chi connectivity index (χ1n) is 6.91. The molecule has 106 valence electrons. The Balaban J connectivity index is 1.84. The second-order valence-corrected chi connectivity index (χ2v) is 5.05. The molecule has 1 heterocycles. The number of piperazine rings is 1. The number of nitriles is 1. The monoisotopic (exact) mass is 272 g/mol. The predicted molar refractivity (Wildman–Crippen MR) is 77.0 cm³/mol. The minimum Gasteiger partial charge on any atom is -0.348 e. The Morgan fingerprint density at radius 1 is 1.40 bits per heavy atom. The molecule has 0 spiro atoms. The van der Waals surface area contributed by atoms with Crippen molar-refractivity contribution < 1.29 is 4.79 Å². The summed E-state index contributed by atoms with van der Waals surface area (Å²) >= 11 is 0. The van der Waals surface area contributed by atoms with E-state index in [0.29, 0.717) is 12.1 Å². The van der Waals surface area contributed by atoms with E-state index < -0.39 is 0 Å². The molecule has 20 heavy (non-hydrogen) atoms. The van der Waals surface area contributed by atoms with E-state index in [1.54, 1.807) is 12.1 Å². The van der Waals surface area contributed by atoms with Crippen LogP contribution < -0.4 is 10.6 Å². The number of carbonyl (C=O) groups is 1. The standard InChI is InChI=1S/C15H20N4O/c1-12(14-4-2-13(10-16)3-5-14)18-15(20)11-19-8-6-17-7-9-19/h2-5,12,17H,6-9,11H2,1H3,(H,18,20). The lowest BCUT2D eigenvalue weighted by Crippen LogP contribution is -2.47. The van der Waals surface area contributed by atoms with Gasteiger partial charge in [-0.25, -0.2) is 0 Å². The predicted octanol–water partition coefficient (Wildman–Crippen LogP) is 0.641. The van der Waals surface area contributed by atoms with Gasteiger partial charge in [0, 0.05) is 26.2 Å². The molecular weight excluding hydrogens is 252 g/mol. The SMILES string of the molecule is CC(NC(=O)CN1CCNCC1)c1ccc(C#N)cc1. The van der Waals surface area contributed by atoms with Crippen LogP contribution in [0, 0.1) is 11.3 Å². The Morgan fingerprint density at radius 3 is 2.65 bits per heavy atom. The van der Waals surface area contributed by atoms with E-state index in [4.69, 9.17) is 5.26 Å². The molecule has 0 aliphatic carbocycles. The Hall–Kier alpha value is -1.90. The van der Waals surface area contributed by atoms with E-state index >= 15 is 0 Å². The van der Waals surface area contributed by atoms with Crippen molar-refractivity contribution in [1.29, 1.82) is 5.26 Å². The van der Waals surface area contributed by atoms with Crippen molar-refractivity contribution in [3.05, 3.63) is 35.4 Å². The summed E-state index contributed by atoms with van der Waals surface area (Å²) in [6.07, 6.45) is 0. The van der Waals surface area contributed by atoms with Crippen molar-refractivity contribution in [2.45, 2.75) is 13.0 Å². The molecule has 2 N–H and O–H groups in total. The lowest BCUT2D eigenvalue weighted by atomic mass is 10.1. The van der Waals surface area contributed by atoms with Crippen LogP contribution in [0.1, 0.15) is 24.1 Å². The Kier molecular flexibility index (Phi) is 5.10. The summed E-state index contributed by atoms with van der Waals surface area (Å²) in [4.78, 5) is 14.1. The largest absolute Gasteiger partial charge is 0.348 e. The van der Waals surface area contributed by atoms with E-state index in [2.05, 4.69) is 21.6 Å². The quantitative estimate of drug-likeness (QED) is 0.844. The van der Waals surface area contributed by atoms with Gasteiger partial charge in [-0.05, 0) is 24.6 Å². The van der Waals surface area contributed by atoms with E-state index in [1.807, 2.05) is 19.1 Å². The number of nitrogens with zero attached hydrogens (tertiary/aromatic N) is 2. The second-order valence-electron chi connectivity index (χ2n) is 5.05. The highest BCUT2D eigenvalue weighted by molar-refractivity contribution is 5.78. The van der Waals surface area contributed by atoms with Crippen LogP contribution in [0.25, 0.3) is 0 Å². The third-order valence-corrected chi connectivity index (χ3v) is 3.49. The summed E-state index contributed by atoms with van der Waals surface area (Å²) in [6.45, 7) is 6.12. The van der Waals surface area contributed by atoms with Gasteiger partial charge in [0.05, 0.1) is 24.2 Å². The lowest BCUT2D eigenvalue weighted by molar-refractivity contribution is -0.123. The van der Waals surface area contributed by atoms with Gasteiger partial charge in [-0.3, -0.25) is 9.69 Å². The van der Waals surface area contributed by atoms with Gasteiger partial charge in [-0.2, -0.15) is 5.26 Å². The molecule has 0 radical (unpaired) electrons. The molecule has 1 aromatic rings. The molecule has 0 aromatic heterocycles. The smallest absolute Gasteiger partial charge is 0.234 e. The zero-order valence-corrected chi connectivity index (χ0v) is 11.7. The van der Waals surface area contributed by atoms with Crippen LogP contribution in [-0.4, -0.2) is 43.5 Å². The molecule has 1 fully saturated rings. The first-order valence-corrected chi connectivity index (χ1v) is 6.91. The number of carbonyl (C=O) groups excluding carboxylic acids is 1. The molecule has 1 aliphatic rings. The summed E-state index contributed by atoms with van der Waals surface area (Å²) < 4.78 is 0. The van der Waals surface area contributed by atoms with E-state index in [1.165, 1.54) is 0 Å². The van der Waals surface area contributed by atoms with Crippen LogP contribution in [0.5, 0.6) is 0 Å². The van der Waals surface area contributed by atoms with Crippen molar-refractivity contribution in [1.82, 2.24) is 15.5 Å². The maximum atomic E-state index is 12.0. The van der Waals surface area contributed by atoms with Gasteiger partial charge in [0.15, 0.2) is 0 Å². The Morgan fingerprint density at radius 2 is 2.05 bits per heavy atom. The number of hydrogen-bond acceptors (Lipinski definition) is 4. The normalized spacial score (nSPS) is 17.2. The van der Waals surface area contributed by atoms with E-state index in [9.17, 15) is 4.79 Å². The molecule has 5 nitrogen and oxygen atoms in total. The zero-order valence-electron chi connectivity index (χ0n) is 11.7. The number of rotatable bonds is 4. The average molecular weight is 272 g/mol. The molecule has 0 saturated carbocycles. The van der Waals surface area contributed by atoms with E-state index in [-0.39, 0.29) is 11.9 Å². The fourth-order valence-corrected chi connectivity index (χ4v) is 2.29. The second kappa shape index (κ2) is 7.04. The third-order valence-electron chi connectivity index (χ3n) is 3.49. The van der Waals surface area contributed by atoms with Crippen LogP contribution in [0.2, 0.25) is 0 Å². The summed E-state index contributed by atoms with van der Waals surface area (Å²) in [5.74, 6) is 0.0451.